The van der Waals surface area contributed by atoms with Crippen molar-refractivity contribution in [2.24, 2.45) is 0 Å². The number of alkyl halides is 2. The van der Waals surface area contributed by atoms with Gasteiger partial charge in [-0.25, -0.2) is 13.8 Å². The number of aryl methyl sites for hydroxylation is 1. The van der Waals surface area contributed by atoms with E-state index in [1.54, 1.807) is 0 Å². The molecule has 0 saturated carbocycles. The molecule has 0 radical (unpaired) electrons. The van der Waals surface area contributed by atoms with Gasteiger partial charge in [-0.3, -0.25) is 0 Å². The maximum atomic E-state index is 12.1. The summed E-state index contributed by atoms with van der Waals surface area (Å²) in [7, 11) is 0. The predicted octanol–water partition coefficient (Wildman–Crippen LogP) is 2.69. The molecule has 1 aromatic heterocycles. The monoisotopic (exact) mass is 193 g/mol. The van der Waals surface area contributed by atoms with Crippen LogP contribution < -0.4 is 0 Å². The maximum absolute atomic E-state index is 12.1. The third kappa shape index (κ3) is 1.64. The highest BCUT2D eigenvalue weighted by Crippen LogP contribution is 2.31. The third-order valence-electron chi connectivity index (χ3n) is 1.40. The topological polar surface area (TPSA) is 33.1 Å². The first-order chi connectivity index (χ1) is 5.52. The summed E-state index contributed by atoms with van der Waals surface area (Å²) in [6.45, 7) is 1.41. The molecule has 0 atom stereocenters. The number of aromatic nitrogens is 1. The molecule has 0 saturated heterocycles. The van der Waals surface area contributed by atoms with Gasteiger partial charge < -0.3 is 5.11 Å². The summed E-state index contributed by atoms with van der Waals surface area (Å²) in [6, 6.07) is 0.953. The van der Waals surface area contributed by atoms with Gasteiger partial charge in [-0.1, -0.05) is 11.6 Å². The summed E-state index contributed by atoms with van der Waals surface area (Å²) >= 11 is 5.41. The first-order valence-electron chi connectivity index (χ1n) is 3.16. The lowest BCUT2D eigenvalue weighted by molar-refractivity contribution is 0.147. The first kappa shape index (κ1) is 9.19. The van der Waals surface area contributed by atoms with Crippen molar-refractivity contribution in [3.8, 4) is 5.75 Å². The molecule has 1 N–H and O–H groups in total. The van der Waals surface area contributed by atoms with Crippen molar-refractivity contribution in [2.75, 3.05) is 0 Å². The van der Waals surface area contributed by atoms with Gasteiger partial charge in [0.2, 0.25) is 0 Å². The van der Waals surface area contributed by atoms with Gasteiger partial charge in [0, 0.05) is 0 Å². The normalized spacial score (nSPS) is 10.8. The largest absolute Gasteiger partial charge is 0.506 e. The van der Waals surface area contributed by atoms with E-state index < -0.39 is 17.7 Å². The van der Waals surface area contributed by atoms with Crippen LogP contribution in [0.25, 0.3) is 0 Å². The average Bonchev–Trinajstić information content (AvgIpc) is 1.96. The molecule has 0 aliphatic heterocycles. The Morgan fingerprint density at radius 3 is 2.67 bits per heavy atom. The second-order valence-corrected chi connectivity index (χ2v) is 2.66. The molecule has 0 unspecified atom stereocenters. The number of aromatic hydroxyl groups is 1. The summed E-state index contributed by atoms with van der Waals surface area (Å²) in [6.07, 6.45) is -2.73. The van der Waals surface area contributed by atoms with E-state index in [-0.39, 0.29) is 10.8 Å². The van der Waals surface area contributed by atoms with E-state index in [1.165, 1.54) is 6.92 Å². The lowest BCUT2D eigenvalue weighted by Crippen LogP contribution is -1.91. The van der Waals surface area contributed by atoms with E-state index in [9.17, 15) is 8.78 Å². The molecule has 1 rings (SSSR count). The van der Waals surface area contributed by atoms with Crippen molar-refractivity contribution in [1.29, 1.82) is 0 Å². The number of nitrogens with zero attached hydrogens (tertiary/aromatic N) is 1. The van der Waals surface area contributed by atoms with Crippen LogP contribution in [0.15, 0.2) is 6.07 Å². The molecule has 0 aromatic carbocycles. The molecule has 5 heteroatoms. The molecular weight excluding hydrogens is 188 g/mol. The smallest absolute Gasteiger partial charge is 0.267 e. The van der Waals surface area contributed by atoms with Crippen molar-refractivity contribution in [3.05, 3.63) is 22.5 Å². The van der Waals surface area contributed by atoms with Crippen LogP contribution in [-0.4, -0.2) is 10.1 Å². The third-order valence-corrected chi connectivity index (χ3v) is 1.59. The Morgan fingerprint density at radius 1 is 1.58 bits per heavy atom. The van der Waals surface area contributed by atoms with Crippen LogP contribution in [0.1, 0.15) is 17.7 Å². The molecule has 0 aliphatic rings. The second kappa shape index (κ2) is 3.23. The SMILES string of the molecule is Cc1nc(Cl)cc(C(F)F)c1O. The van der Waals surface area contributed by atoms with Crippen molar-refractivity contribution in [2.45, 2.75) is 13.3 Å². The minimum Gasteiger partial charge on any atom is -0.506 e. The number of rotatable bonds is 1. The molecule has 0 bridgehead atoms. The van der Waals surface area contributed by atoms with E-state index in [0.29, 0.717) is 0 Å². The first-order valence-corrected chi connectivity index (χ1v) is 3.54. The highest BCUT2D eigenvalue weighted by molar-refractivity contribution is 6.29. The molecule has 66 valence electrons. The fourth-order valence-electron chi connectivity index (χ4n) is 0.817. The summed E-state index contributed by atoms with van der Waals surface area (Å²) in [5.41, 5.74) is -0.370. The summed E-state index contributed by atoms with van der Waals surface area (Å²) in [5.74, 6) is -0.491. The van der Waals surface area contributed by atoms with Gasteiger partial charge in [0.25, 0.3) is 6.43 Å². The lowest BCUT2D eigenvalue weighted by Gasteiger charge is -2.05. The quantitative estimate of drug-likeness (QED) is 0.696. The highest BCUT2D eigenvalue weighted by Gasteiger charge is 2.15. The molecule has 0 amide bonds. The second-order valence-electron chi connectivity index (χ2n) is 2.27. The Bertz CT molecular complexity index is 304. The van der Waals surface area contributed by atoms with Crippen LogP contribution in [0.5, 0.6) is 5.75 Å². The number of pyridine rings is 1. The van der Waals surface area contributed by atoms with Crippen LogP contribution in [-0.2, 0) is 0 Å². The van der Waals surface area contributed by atoms with E-state index in [2.05, 4.69) is 4.98 Å². The van der Waals surface area contributed by atoms with Gasteiger partial charge in [-0.15, -0.1) is 0 Å². The molecule has 0 spiro atoms. The standard InChI is InChI=1S/C7H6ClF2NO/c1-3-6(12)4(7(9)10)2-5(8)11-3/h2,7,12H,1H3. The highest BCUT2D eigenvalue weighted by atomic mass is 35.5. The Balaban J connectivity index is 3.28. The molecule has 0 fully saturated rings. The Labute approximate surface area is 72.8 Å². The summed E-state index contributed by atoms with van der Waals surface area (Å²) in [5, 5.41) is 9.05. The van der Waals surface area contributed by atoms with Gasteiger partial charge in [0.05, 0.1) is 11.3 Å². The van der Waals surface area contributed by atoms with Crippen molar-refractivity contribution in [3.63, 3.8) is 0 Å². The van der Waals surface area contributed by atoms with E-state index >= 15 is 0 Å². The zero-order valence-corrected chi connectivity index (χ0v) is 6.94. The van der Waals surface area contributed by atoms with E-state index in [0.717, 1.165) is 6.07 Å². The van der Waals surface area contributed by atoms with Crippen LogP contribution in [0, 0.1) is 6.92 Å². The minimum atomic E-state index is -2.73. The fraction of sp³-hybridized carbons (Fsp3) is 0.286. The van der Waals surface area contributed by atoms with Crippen molar-refractivity contribution in [1.82, 2.24) is 4.98 Å². The van der Waals surface area contributed by atoms with Crippen LogP contribution >= 0.6 is 11.6 Å². The lowest BCUT2D eigenvalue weighted by atomic mass is 10.2. The summed E-state index contributed by atoms with van der Waals surface area (Å²) < 4.78 is 24.3. The van der Waals surface area contributed by atoms with E-state index in [4.69, 9.17) is 16.7 Å². The summed E-state index contributed by atoms with van der Waals surface area (Å²) in [4.78, 5) is 3.60. The Morgan fingerprint density at radius 2 is 2.17 bits per heavy atom. The molecule has 2 nitrogen and oxygen atoms in total. The molecule has 0 aliphatic carbocycles. The number of halogens is 3. The zero-order chi connectivity index (χ0) is 9.30. The van der Waals surface area contributed by atoms with Crippen molar-refractivity contribution >= 4 is 11.6 Å². The zero-order valence-electron chi connectivity index (χ0n) is 6.18. The number of hydrogen-bond donors (Lipinski definition) is 1. The van der Waals surface area contributed by atoms with Crippen molar-refractivity contribution < 1.29 is 13.9 Å². The van der Waals surface area contributed by atoms with Gasteiger partial charge in [0.1, 0.15) is 10.9 Å². The predicted molar refractivity (Wildman–Crippen MR) is 40.6 cm³/mol. The van der Waals surface area contributed by atoms with Gasteiger partial charge >= 0.3 is 0 Å². The molecular formula is C7H6ClF2NO. The maximum Gasteiger partial charge on any atom is 0.267 e. The van der Waals surface area contributed by atoms with E-state index in [1.807, 2.05) is 0 Å². The fourth-order valence-corrected chi connectivity index (χ4v) is 1.06. The van der Waals surface area contributed by atoms with Crippen LogP contribution in [0.4, 0.5) is 8.78 Å². The Kier molecular flexibility index (Phi) is 2.47. The molecule has 1 heterocycles. The van der Waals surface area contributed by atoms with Gasteiger partial charge in [-0.2, -0.15) is 0 Å². The molecule has 1 aromatic rings. The van der Waals surface area contributed by atoms with Gasteiger partial charge in [-0.05, 0) is 13.0 Å². The average molecular weight is 194 g/mol. The minimum absolute atomic E-state index is 0.0411. The number of hydrogen-bond acceptors (Lipinski definition) is 2. The molecule has 12 heavy (non-hydrogen) atoms. The Hall–Kier alpha value is -0.900. The van der Waals surface area contributed by atoms with Crippen LogP contribution in [0.2, 0.25) is 5.15 Å². The van der Waals surface area contributed by atoms with Gasteiger partial charge in [0.15, 0.2) is 0 Å². The van der Waals surface area contributed by atoms with Crippen LogP contribution in [0.3, 0.4) is 0 Å².